The third-order valence-corrected chi connectivity index (χ3v) is 13.6. The molecule has 1 aliphatic carbocycles. The molecule has 6 atom stereocenters. The highest BCUT2D eigenvalue weighted by molar-refractivity contribution is 6.74. The summed E-state index contributed by atoms with van der Waals surface area (Å²) in [5.41, 5.74) is 0. The summed E-state index contributed by atoms with van der Waals surface area (Å²) in [7, 11) is -2.20. The van der Waals surface area contributed by atoms with E-state index in [0.29, 0.717) is 32.7 Å². The first-order valence-corrected chi connectivity index (χ1v) is 18.8. The average molecular weight is 605 g/mol. The van der Waals surface area contributed by atoms with Crippen LogP contribution < -0.4 is 4.74 Å². The molecule has 2 heterocycles. The lowest BCUT2D eigenvalue weighted by Crippen LogP contribution is -2.45. The second-order valence-corrected chi connectivity index (χ2v) is 18.1. The molecule has 0 bridgehead atoms. The highest BCUT2D eigenvalue weighted by atomic mass is 28.4. The van der Waals surface area contributed by atoms with Gasteiger partial charge in [0.15, 0.2) is 20.9 Å². The largest absolute Gasteiger partial charge is 0.493 e. The number of para-hydroxylation sites is 1. The highest BCUT2D eigenvalue weighted by Crippen LogP contribution is 2.48. The SMILES string of the molecule is CC(C)(C)[Si](C)(C)O[C@H]1C[C@@H](OC2CCCCO2)[C@@H](/C(=C\CCOc2ccccc2)OC2CCCCO2)C1CC(=O)O. The zero-order chi connectivity index (χ0) is 30.2. The first kappa shape index (κ1) is 33.0. The maximum Gasteiger partial charge on any atom is 0.303 e. The van der Waals surface area contributed by atoms with Crippen molar-refractivity contribution in [2.45, 2.75) is 121 Å². The van der Waals surface area contributed by atoms with Gasteiger partial charge in [0.1, 0.15) is 11.5 Å². The van der Waals surface area contributed by atoms with Crippen LogP contribution in [0.25, 0.3) is 0 Å². The van der Waals surface area contributed by atoms with Gasteiger partial charge in [0.05, 0.1) is 31.8 Å². The predicted molar refractivity (Wildman–Crippen MR) is 164 cm³/mol. The van der Waals surface area contributed by atoms with E-state index in [4.69, 9.17) is 28.1 Å². The maximum atomic E-state index is 12.3. The van der Waals surface area contributed by atoms with Gasteiger partial charge in [-0.25, -0.2) is 0 Å². The van der Waals surface area contributed by atoms with Crippen molar-refractivity contribution in [3.05, 3.63) is 42.2 Å². The summed E-state index contributed by atoms with van der Waals surface area (Å²) in [5.74, 6) is 0.0851. The van der Waals surface area contributed by atoms with E-state index in [1.807, 2.05) is 30.3 Å². The number of hydrogen-bond acceptors (Lipinski definition) is 7. The molecular formula is C33H52O8Si. The summed E-state index contributed by atoms with van der Waals surface area (Å²) >= 11 is 0. The van der Waals surface area contributed by atoms with E-state index in [9.17, 15) is 9.90 Å². The van der Waals surface area contributed by atoms with Crippen molar-refractivity contribution in [2.75, 3.05) is 19.8 Å². The first-order valence-electron chi connectivity index (χ1n) is 15.9. The molecule has 0 radical (unpaired) electrons. The minimum atomic E-state index is -2.20. The zero-order valence-electron chi connectivity index (χ0n) is 26.2. The van der Waals surface area contributed by atoms with Gasteiger partial charge >= 0.3 is 5.97 Å². The molecule has 1 saturated carbocycles. The molecule has 3 fully saturated rings. The van der Waals surface area contributed by atoms with E-state index in [1.54, 1.807) is 0 Å². The Morgan fingerprint density at radius 2 is 1.67 bits per heavy atom. The van der Waals surface area contributed by atoms with Crippen LogP contribution in [0.1, 0.15) is 78.6 Å². The lowest BCUT2D eigenvalue weighted by atomic mass is 9.88. The van der Waals surface area contributed by atoms with Gasteiger partial charge in [0.2, 0.25) is 0 Å². The summed E-state index contributed by atoms with van der Waals surface area (Å²) in [5, 5.41) is 10.1. The van der Waals surface area contributed by atoms with Gasteiger partial charge in [0.25, 0.3) is 0 Å². The number of rotatable bonds is 13. The quantitative estimate of drug-likeness (QED) is 0.143. The third kappa shape index (κ3) is 9.29. The van der Waals surface area contributed by atoms with Gasteiger partial charge < -0.3 is 33.2 Å². The Kier molecular flexibility index (Phi) is 11.9. The molecule has 3 unspecified atom stereocenters. The van der Waals surface area contributed by atoms with E-state index in [0.717, 1.165) is 50.0 Å². The molecule has 0 spiro atoms. The van der Waals surface area contributed by atoms with Crippen molar-refractivity contribution in [3.8, 4) is 5.75 Å². The van der Waals surface area contributed by atoms with Crippen LogP contribution in [0.3, 0.4) is 0 Å². The van der Waals surface area contributed by atoms with Crippen LogP contribution in [0, 0.1) is 11.8 Å². The number of carboxylic acid groups (broad SMARTS) is 1. The summed E-state index contributed by atoms with van der Waals surface area (Å²) < 4.78 is 38.2. The smallest absolute Gasteiger partial charge is 0.303 e. The van der Waals surface area contributed by atoms with Crippen molar-refractivity contribution < 1.29 is 38.0 Å². The Morgan fingerprint density at radius 1 is 1.00 bits per heavy atom. The Labute approximate surface area is 253 Å². The molecule has 1 aromatic rings. The average Bonchev–Trinajstić information content (AvgIpc) is 3.26. The molecule has 9 heteroatoms. The number of ether oxygens (including phenoxy) is 5. The minimum absolute atomic E-state index is 0.0123. The Bertz CT molecular complexity index is 995. The van der Waals surface area contributed by atoms with Crippen LogP contribution in [0.5, 0.6) is 5.75 Å². The van der Waals surface area contributed by atoms with E-state index < -0.39 is 14.3 Å². The fraction of sp³-hybridized carbons (Fsp3) is 0.727. The summed E-state index contributed by atoms with van der Waals surface area (Å²) in [6, 6.07) is 9.74. The molecule has 3 aliphatic rings. The van der Waals surface area contributed by atoms with Gasteiger partial charge in [-0.15, -0.1) is 0 Å². The molecular weight excluding hydrogens is 552 g/mol. The number of aliphatic carboxylic acids is 1. The molecule has 2 aliphatic heterocycles. The second kappa shape index (κ2) is 15.2. The van der Waals surface area contributed by atoms with Gasteiger partial charge in [-0.05, 0) is 74.9 Å². The van der Waals surface area contributed by atoms with E-state index >= 15 is 0 Å². The van der Waals surface area contributed by atoms with Crippen LogP contribution in [0.4, 0.5) is 0 Å². The van der Waals surface area contributed by atoms with E-state index in [2.05, 4.69) is 39.9 Å². The summed E-state index contributed by atoms with van der Waals surface area (Å²) in [4.78, 5) is 12.3. The topological polar surface area (TPSA) is 92.7 Å². The first-order chi connectivity index (χ1) is 20.0. The van der Waals surface area contributed by atoms with Gasteiger partial charge in [-0.2, -0.15) is 0 Å². The standard InChI is InChI=1S/C33H52O8Si/c1-33(2,3)42(4,5)41-27-23-28(40-31-18-10-12-20-38-31)32(25(27)22-29(34)35)26(39-30-17-9-11-19-37-30)16-13-21-36-24-14-7-6-8-15-24/h6-8,14-16,25,27-28,30-32H,9-13,17-23H2,1-5H3,(H,34,35)/b26-16+/t25?,27-,28+,30?,31?,32+/m0/s1. The fourth-order valence-electron chi connectivity index (χ4n) is 5.87. The molecule has 236 valence electrons. The van der Waals surface area contributed by atoms with Crippen LogP contribution in [0.15, 0.2) is 42.2 Å². The monoisotopic (exact) mass is 604 g/mol. The van der Waals surface area contributed by atoms with Crippen molar-refractivity contribution >= 4 is 14.3 Å². The van der Waals surface area contributed by atoms with Crippen LogP contribution in [-0.2, 0) is 28.2 Å². The van der Waals surface area contributed by atoms with Crippen LogP contribution >= 0.6 is 0 Å². The molecule has 1 N–H and O–H groups in total. The lowest BCUT2D eigenvalue weighted by Gasteiger charge is -2.40. The van der Waals surface area contributed by atoms with E-state index in [-0.39, 0.29) is 48.1 Å². The molecule has 0 aromatic heterocycles. The fourth-order valence-corrected chi connectivity index (χ4v) is 7.25. The summed E-state index contributed by atoms with van der Waals surface area (Å²) in [6.07, 6.45) is 7.77. The lowest BCUT2D eigenvalue weighted by molar-refractivity contribution is -0.201. The van der Waals surface area contributed by atoms with E-state index in [1.165, 1.54) is 0 Å². The van der Waals surface area contributed by atoms with Crippen molar-refractivity contribution in [1.29, 1.82) is 0 Å². The van der Waals surface area contributed by atoms with Crippen molar-refractivity contribution in [1.82, 2.24) is 0 Å². The van der Waals surface area contributed by atoms with Gasteiger partial charge in [-0.3, -0.25) is 4.79 Å². The normalized spacial score (nSPS) is 29.3. The van der Waals surface area contributed by atoms with Gasteiger partial charge in [0, 0.05) is 31.3 Å². The minimum Gasteiger partial charge on any atom is -0.493 e. The number of benzene rings is 1. The van der Waals surface area contributed by atoms with Crippen molar-refractivity contribution in [2.24, 2.45) is 11.8 Å². The Morgan fingerprint density at radius 3 is 2.26 bits per heavy atom. The third-order valence-electron chi connectivity index (χ3n) is 9.14. The molecule has 42 heavy (non-hydrogen) atoms. The Hall–Kier alpha value is -1.91. The van der Waals surface area contributed by atoms with Crippen molar-refractivity contribution in [3.63, 3.8) is 0 Å². The molecule has 4 rings (SSSR count). The predicted octanol–water partition coefficient (Wildman–Crippen LogP) is 7.30. The highest BCUT2D eigenvalue weighted by Gasteiger charge is 2.52. The molecule has 8 nitrogen and oxygen atoms in total. The molecule has 2 saturated heterocycles. The zero-order valence-corrected chi connectivity index (χ0v) is 27.2. The number of carbonyl (C=O) groups is 1. The maximum absolute atomic E-state index is 12.3. The van der Waals surface area contributed by atoms with Crippen LogP contribution in [0.2, 0.25) is 18.1 Å². The molecule has 1 aromatic carbocycles. The number of carboxylic acids is 1. The number of hydrogen-bond donors (Lipinski definition) is 1. The van der Waals surface area contributed by atoms with Gasteiger partial charge in [-0.1, -0.05) is 39.0 Å². The second-order valence-electron chi connectivity index (χ2n) is 13.4. The summed E-state index contributed by atoms with van der Waals surface area (Å²) in [6.45, 7) is 12.9. The molecule has 0 amide bonds. The van der Waals surface area contributed by atoms with Crippen LogP contribution in [-0.4, -0.2) is 64.0 Å². The Balaban J connectivity index is 1.64.